The predicted octanol–water partition coefficient (Wildman–Crippen LogP) is 2.19. The summed E-state index contributed by atoms with van der Waals surface area (Å²) in [4.78, 5) is 0. The molecular weight excluding hydrogens is 512 g/mol. The number of aryl methyl sites for hydroxylation is 1. The minimum Gasteiger partial charge on any atom is -0.394 e. The molecule has 1 aromatic carbocycles. The van der Waals surface area contributed by atoms with Crippen molar-refractivity contribution in [3.05, 3.63) is 47.4 Å². The molecule has 0 spiro atoms. The van der Waals surface area contributed by atoms with Gasteiger partial charge in [-0.1, -0.05) is 16.5 Å². The molecule has 2 N–H and O–H groups in total. The maximum Gasteiger partial charge on any atom is 0.252 e. The Bertz CT molecular complexity index is 1310. The molecule has 3 aromatic rings. The number of benzene rings is 1. The average molecular weight is 541 g/mol. The lowest BCUT2D eigenvalue weighted by Crippen LogP contribution is -2.57. The molecule has 0 unspecified atom stereocenters. The second-order valence-corrected chi connectivity index (χ2v) is 10.3. The van der Waals surface area contributed by atoms with Crippen molar-refractivity contribution >= 4 is 0 Å². The lowest BCUT2D eigenvalue weighted by atomic mass is 9.75. The van der Waals surface area contributed by atoms with Crippen molar-refractivity contribution in [1.82, 2.24) is 30.0 Å². The number of hydrogen-bond donors (Lipinski definition) is 2. The van der Waals surface area contributed by atoms with Crippen molar-refractivity contribution < 1.29 is 37.2 Å². The maximum absolute atomic E-state index is 14.6. The number of aromatic nitrogens is 6. The molecule has 1 saturated heterocycles. The van der Waals surface area contributed by atoms with Crippen LogP contribution in [0.5, 0.6) is 0 Å². The number of hydrogen-bond acceptors (Lipinski definition) is 8. The van der Waals surface area contributed by atoms with Gasteiger partial charge in [-0.25, -0.2) is 26.9 Å². The average Bonchev–Trinajstić information content (AvgIpc) is 3.52. The number of ether oxygens (including phenoxy) is 2. The Morgan fingerprint density at radius 3 is 2.50 bits per heavy atom. The fraction of sp³-hybridized carbons (Fsp3) is 0.583. The molecule has 5 atom stereocenters. The highest BCUT2D eigenvalue weighted by atomic mass is 19.3. The van der Waals surface area contributed by atoms with E-state index in [0.717, 1.165) is 0 Å². The van der Waals surface area contributed by atoms with E-state index in [-0.39, 0.29) is 36.1 Å². The molecule has 38 heavy (non-hydrogen) atoms. The predicted molar refractivity (Wildman–Crippen MR) is 123 cm³/mol. The first-order chi connectivity index (χ1) is 18.0. The van der Waals surface area contributed by atoms with Gasteiger partial charge in [0.25, 0.3) is 5.92 Å². The monoisotopic (exact) mass is 540 g/mol. The number of aliphatic hydroxyl groups is 2. The minimum absolute atomic E-state index is 0.0422. The third-order valence-electron chi connectivity index (χ3n) is 7.39. The smallest absolute Gasteiger partial charge is 0.252 e. The van der Waals surface area contributed by atoms with Crippen molar-refractivity contribution in [2.24, 2.45) is 0 Å². The summed E-state index contributed by atoms with van der Waals surface area (Å²) in [6.07, 6.45) is -1.54. The van der Waals surface area contributed by atoms with Crippen LogP contribution in [0.3, 0.4) is 0 Å². The lowest BCUT2D eigenvalue weighted by Gasteiger charge is -2.44. The molecule has 14 heteroatoms. The second-order valence-electron chi connectivity index (χ2n) is 10.3. The van der Waals surface area contributed by atoms with E-state index in [4.69, 9.17) is 9.47 Å². The molecule has 1 saturated carbocycles. The Labute approximate surface area is 215 Å². The molecule has 5 rings (SSSR count). The van der Waals surface area contributed by atoms with Gasteiger partial charge in [-0.15, -0.1) is 10.2 Å². The van der Waals surface area contributed by atoms with Crippen LogP contribution in [0.15, 0.2) is 24.5 Å². The fourth-order valence-corrected chi connectivity index (χ4v) is 5.41. The summed E-state index contributed by atoms with van der Waals surface area (Å²) in [5.41, 5.74) is -0.325. The van der Waals surface area contributed by atoms with Crippen LogP contribution in [0.25, 0.3) is 11.3 Å². The molecule has 2 aromatic heterocycles. The van der Waals surface area contributed by atoms with Gasteiger partial charge in [0.2, 0.25) is 0 Å². The normalized spacial score (nSPS) is 28.3. The Kier molecular flexibility index (Phi) is 6.78. The molecule has 0 radical (unpaired) electrons. The number of aliphatic hydroxyl groups excluding tert-OH is 2. The Hall–Kier alpha value is -2.94. The van der Waals surface area contributed by atoms with Gasteiger partial charge in [-0.3, -0.25) is 0 Å². The molecule has 1 aliphatic carbocycles. The second kappa shape index (κ2) is 9.67. The quantitative estimate of drug-likeness (QED) is 0.438. The van der Waals surface area contributed by atoms with Crippen molar-refractivity contribution in [2.75, 3.05) is 13.7 Å². The van der Waals surface area contributed by atoms with E-state index in [0.29, 0.717) is 5.69 Å². The van der Waals surface area contributed by atoms with E-state index < -0.39 is 60.2 Å². The largest absolute Gasteiger partial charge is 0.394 e. The number of nitrogens with zero attached hydrogens (tertiary/aromatic N) is 6. The van der Waals surface area contributed by atoms with Crippen LogP contribution in [0, 0.1) is 18.6 Å². The van der Waals surface area contributed by atoms with Crippen LogP contribution >= 0.6 is 0 Å². The Morgan fingerprint density at radius 1 is 1.11 bits per heavy atom. The molecule has 10 nitrogen and oxygen atoms in total. The topological polar surface area (TPSA) is 120 Å². The standard InChI is InChI=1S/C24H28F4N6O4/c1-12-4-5-14(19(26)18(12)25)15-8-33(31-30-15)20-21(36)17(9-35)38-16(22(20)37-3)6-13-7-34(32-29-13)23(2)10-24(27,28)11-23/h4-5,7-8,16-17,20-22,35-36H,6,9-11H2,1-3H3/t16-,17-,20+,21+,22+/m1/s1. The minimum atomic E-state index is -2.74. The zero-order valence-electron chi connectivity index (χ0n) is 20.9. The van der Waals surface area contributed by atoms with E-state index in [1.807, 2.05) is 0 Å². The molecule has 0 amide bonds. The van der Waals surface area contributed by atoms with Crippen LogP contribution in [0.4, 0.5) is 17.6 Å². The van der Waals surface area contributed by atoms with E-state index in [1.54, 1.807) is 13.1 Å². The SMILES string of the molecule is CO[C@@H]1[C@@H](n2cc(-c3ccc(C)c(F)c3F)nn2)[C@@H](O)[C@@H](CO)O[C@@H]1Cc1cn(C2(C)CC(F)(F)C2)nn1. The molecule has 0 bridgehead atoms. The van der Waals surface area contributed by atoms with Crippen molar-refractivity contribution in [1.29, 1.82) is 0 Å². The molecule has 3 heterocycles. The summed E-state index contributed by atoms with van der Waals surface area (Å²) in [6.45, 7) is 2.59. The van der Waals surface area contributed by atoms with Crippen LogP contribution in [0.1, 0.15) is 37.1 Å². The summed E-state index contributed by atoms with van der Waals surface area (Å²) >= 11 is 0. The van der Waals surface area contributed by atoms with E-state index >= 15 is 0 Å². The third kappa shape index (κ3) is 4.59. The first-order valence-electron chi connectivity index (χ1n) is 12.1. The number of rotatable bonds is 7. The first-order valence-corrected chi connectivity index (χ1v) is 12.1. The highest BCUT2D eigenvalue weighted by molar-refractivity contribution is 5.59. The van der Waals surface area contributed by atoms with Crippen LogP contribution in [0.2, 0.25) is 0 Å². The van der Waals surface area contributed by atoms with Gasteiger partial charge in [0.15, 0.2) is 11.6 Å². The summed E-state index contributed by atoms with van der Waals surface area (Å²) < 4.78 is 70.0. The highest BCUT2D eigenvalue weighted by Gasteiger charge is 2.55. The highest BCUT2D eigenvalue weighted by Crippen LogP contribution is 2.49. The van der Waals surface area contributed by atoms with E-state index in [9.17, 15) is 27.8 Å². The van der Waals surface area contributed by atoms with E-state index in [1.165, 1.54) is 41.7 Å². The van der Waals surface area contributed by atoms with Gasteiger partial charge in [0, 0.05) is 38.1 Å². The number of halogens is 4. The van der Waals surface area contributed by atoms with Crippen molar-refractivity contribution in [2.45, 2.75) is 75.0 Å². The summed E-state index contributed by atoms with van der Waals surface area (Å²) in [7, 11) is 1.40. The fourth-order valence-electron chi connectivity index (χ4n) is 5.41. The van der Waals surface area contributed by atoms with Gasteiger partial charge in [-0.2, -0.15) is 0 Å². The summed E-state index contributed by atoms with van der Waals surface area (Å²) in [5.74, 6) is -4.80. The van der Waals surface area contributed by atoms with Crippen molar-refractivity contribution in [3.8, 4) is 11.3 Å². The molecule has 206 valence electrons. The molecule has 2 fully saturated rings. The molecule has 2 aliphatic rings. The number of alkyl halides is 2. The van der Waals surface area contributed by atoms with Gasteiger partial charge in [-0.05, 0) is 25.5 Å². The summed E-state index contributed by atoms with van der Waals surface area (Å²) in [5, 5.41) is 37.0. The Morgan fingerprint density at radius 2 is 1.84 bits per heavy atom. The van der Waals surface area contributed by atoms with Crippen LogP contribution < -0.4 is 0 Å². The van der Waals surface area contributed by atoms with Gasteiger partial charge in [0.05, 0.1) is 30.1 Å². The van der Waals surface area contributed by atoms with Gasteiger partial charge < -0.3 is 19.7 Å². The van der Waals surface area contributed by atoms with Crippen molar-refractivity contribution in [3.63, 3.8) is 0 Å². The maximum atomic E-state index is 14.6. The number of methoxy groups -OCH3 is 1. The third-order valence-corrected chi connectivity index (χ3v) is 7.39. The lowest BCUT2D eigenvalue weighted by molar-refractivity contribution is -0.212. The van der Waals surface area contributed by atoms with Crippen LogP contribution in [-0.4, -0.2) is 84.3 Å². The van der Waals surface area contributed by atoms with E-state index in [2.05, 4.69) is 20.6 Å². The van der Waals surface area contributed by atoms with Crippen LogP contribution in [-0.2, 0) is 21.4 Å². The van der Waals surface area contributed by atoms with Gasteiger partial charge in [0.1, 0.15) is 30.0 Å². The molecule has 1 aliphatic heterocycles. The van der Waals surface area contributed by atoms with Gasteiger partial charge >= 0.3 is 0 Å². The molecular formula is C24H28F4N6O4. The zero-order valence-corrected chi connectivity index (χ0v) is 20.9. The zero-order chi connectivity index (χ0) is 27.4. The first kappa shape index (κ1) is 26.7. The summed E-state index contributed by atoms with van der Waals surface area (Å²) in [6, 6.07) is 1.88. The Balaban J connectivity index is 1.41.